The number of nitrogens with zero attached hydrogens (tertiary/aromatic N) is 5. The van der Waals surface area contributed by atoms with E-state index in [1.807, 2.05) is 29.7 Å². The average molecular weight is 506 g/mol. The Balaban J connectivity index is 1.58. The highest BCUT2D eigenvalue weighted by Gasteiger charge is 2.29. The maximum atomic E-state index is 12.4. The van der Waals surface area contributed by atoms with Gasteiger partial charge in [-0.3, -0.25) is 4.57 Å². The third kappa shape index (κ3) is 6.58. The number of hydrogen-bond acceptors (Lipinski definition) is 7. The Morgan fingerprint density at radius 3 is 2.50 bits per heavy atom. The lowest BCUT2D eigenvalue weighted by atomic mass is 10.1. The normalized spacial score (nSPS) is 13.5. The van der Waals surface area contributed by atoms with Crippen LogP contribution in [0.2, 0.25) is 0 Å². The van der Waals surface area contributed by atoms with Crippen LogP contribution in [0.15, 0.2) is 36.5 Å². The number of halogens is 3. The monoisotopic (exact) mass is 505 g/mol. The van der Waals surface area contributed by atoms with Gasteiger partial charge in [0.25, 0.3) is 0 Å². The van der Waals surface area contributed by atoms with E-state index >= 15 is 0 Å². The van der Waals surface area contributed by atoms with Gasteiger partial charge in [0, 0.05) is 43.4 Å². The van der Waals surface area contributed by atoms with Gasteiger partial charge in [0.15, 0.2) is 6.61 Å². The molecule has 194 valence electrons. The molecule has 2 heterocycles. The Bertz CT molecular complexity index is 1150. The molecular formula is C25H30F3N5O3. The maximum absolute atomic E-state index is 12.4. The zero-order valence-electron chi connectivity index (χ0n) is 20.6. The first kappa shape index (κ1) is 25.6. The molecule has 0 amide bonds. The van der Waals surface area contributed by atoms with Gasteiger partial charge in [0.05, 0.1) is 20.8 Å². The first-order valence-electron chi connectivity index (χ1n) is 11.8. The molecule has 0 spiro atoms. The largest absolute Gasteiger partial charge is 0.497 e. The fourth-order valence-corrected chi connectivity index (χ4v) is 3.93. The van der Waals surface area contributed by atoms with E-state index in [4.69, 9.17) is 14.2 Å². The highest BCUT2D eigenvalue weighted by molar-refractivity contribution is 5.44. The smallest absolute Gasteiger partial charge is 0.422 e. The van der Waals surface area contributed by atoms with Crippen molar-refractivity contribution in [3.05, 3.63) is 53.5 Å². The van der Waals surface area contributed by atoms with Crippen molar-refractivity contribution in [3.8, 4) is 17.4 Å². The van der Waals surface area contributed by atoms with Crippen LogP contribution in [0.4, 0.5) is 19.1 Å². The van der Waals surface area contributed by atoms with Gasteiger partial charge in [-0.2, -0.15) is 13.2 Å². The minimum Gasteiger partial charge on any atom is -0.497 e. The van der Waals surface area contributed by atoms with Gasteiger partial charge in [0.2, 0.25) is 11.8 Å². The van der Waals surface area contributed by atoms with Gasteiger partial charge >= 0.3 is 6.18 Å². The molecule has 1 aliphatic carbocycles. The van der Waals surface area contributed by atoms with E-state index in [0.717, 1.165) is 40.9 Å². The molecule has 1 aliphatic rings. The van der Waals surface area contributed by atoms with Crippen LogP contribution < -0.4 is 19.1 Å². The van der Waals surface area contributed by atoms with Crippen molar-refractivity contribution in [1.82, 2.24) is 19.7 Å². The van der Waals surface area contributed by atoms with Crippen LogP contribution in [-0.4, -0.2) is 53.3 Å². The number of aromatic nitrogens is 4. The number of ether oxygens (including phenoxy) is 3. The van der Waals surface area contributed by atoms with Crippen LogP contribution in [0, 0.1) is 5.92 Å². The second-order valence-electron chi connectivity index (χ2n) is 8.77. The van der Waals surface area contributed by atoms with Crippen molar-refractivity contribution in [1.29, 1.82) is 0 Å². The summed E-state index contributed by atoms with van der Waals surface area (Å²) in [6.07, 6.45) is 0.136. The molecule has 8 nitrogen and oxygen atoms in total. The summed E-state index contributed by atoms with van der Waals surface area (Å²) in [6.45, 7) is 2.47. The molecule has 0 unspecified atom stereocenters. The van der Waals surface area contributed by atoms with Crippen LogP contribution in [0.1, 0.15) is 36.7 Å². The number of pyridine rings is 1. The molecule has 0 N–H and O–H groups in total. The first-order valence-corrected chi connectivity index (χ1v) is 11.8. The Morgan fingerprint density at radius 1 is 1.08 bits per heavy atom. The van der Waals surface area contributed by atoms with Crippen LogP contribution in [0.5, 0.6) is 17.4 Å². The predicted octanol–water partition coefficient (Wildman–Crippen LogP) is 4.66. The van der Waals surface area contributed by atoms with E-state index < -0.39 is 12.8 Å². The van der Waals surface area contributed by atoms with Gasteiger partial charge in [-0.15, -0.1) is 10.2 Å². The van der Waals surface area contributed by atoms with Gasteiger partial charge < -0.3 is 19.1 Å². The van der Waals surface area contributed by atoms with Crippen LogP contribution >= 0.6 is 0 Å². The van der Waals surface area contributed by atoms with Crippen LogP contribution in [0.25, 0.3) is 0 Å². The summed E-state index contributed by atoms with van der Waals surface area (Å²) in [5.74, 6) is 3.51. The van der Waals surface area contributed by atoms with E-state index in [9.17, 15) is 13.2 Å². The van der Waals surface area contributed by atoms with Crippen LogP contribution in [0.3, 0.4) is 0 Å². The van der Waals surface area contributed by atoms with E-state index in [2.05, 4.69) is 20.1 Å². The second-order valence-corrected chi connectivity index (χ2v) is 8.77. The van der Waals surface area contributed by atoms with Crippen molar-refractivity contribution in [2.75, 3.05) is 32.3 Å². The molecule has 3 aromatic rings. The number of anilines is 1. The first-order chi connectivity index (χ1) is 17.3. The minimum atomic E-state index is -4.41. The quantitative estimate of drug-likeness (QED) is 0.355. The fraction of sp³-hybridized carbons (Fsp3) is 0.480. The van der Waals surface area contributed by atoms with Gasteiger partial charge in [-0.25, -0.2) is 4.98 Å². The lowest BCUT2D eigenvalue weighted by Crippen LogP contribution is -2.29. The number of benzene rings is 1. The SMILES string of the molecule is CCc1nnc(N(Cc2ccc(OC)cc2OC)CC2CC2)n1Cc1ccc(OCC(F)(F)F)nc1. The zero-order valence-corrected chi connectivity index (χ0v) is 20.6. The van der Waals surface area contributed by atoms with Crippen molar-refractivity contribution < 1.29 is 27.4 Å². The molecule has 0 saturated heterocycles. The number of hydrogen-bond donors (Lipinski definition) is 0. The van der Waals surface area contributed by atoms with Gasteiger partial charge in [-0.05, 0) is 36.5 Å². The highest BCUT2D eigenvalue weighted by Crippen LogP contribution is 2.34. The van der Waals surface area contributed by atoms with E-state index in [0.29, 0.717) is 25.4 Å². The molecular weight excluding hydrogens is 475 g/mol. The summed E-state index contributed by atoms with van der Waals surface area (Å²) >= 11 is 0. The lowest BCUT2D eigenvalue weighted by Gasteiger charge is -2.25. The number of aryl methyl sites for hydroxylation is 1. The summed E-state index contributed by atoms with van der Waals surface area (Å²) in [5, 5.41) is 8.94. The summed E-state index contributed by atoms with van der Waals surface area (Å²) in [5.41, 5.74) is 1.80. The maximum Gasteiger partial charge on any atom is 0.422 e. The molecule has 4 rings (SSSR count). The van der Waals surface area contributed by atoms with Gasteiger partial charge in [0.1, 0.15) is 17.3 Å². The Hall–Kier alpha value is -3.50. The number of methoxy groups -OCH3 is 2. The summed E-state index contributed by atoms with van der Waals surface area (Å²) in [7, 11) is 3.25. The minimum absolute atomic E-state index is 0.0715. The second kappa shape index (κ2) is 11.0. The molecule has 2 aromatic heterocycles. The van der Waals surface area contributed by atoms with Crippen molar-refractivity contribution in [2.24, 2.45) is 5.92 Å². The number of rotatable bonds is 12. The predicted molar refractivity (Wildman–Crippen MR) is 128 cm³/mol. The number of alkyl halides is 3. The standard InChI is InChI=1S/C25H30F3N5O3/c1-4-22-30-31-24(33(22)14-18-7-10-23(29-12-18)36-16-25(26,27)28)32(13-17-5-6-17)15-19-8-9-20(34-2)11-21(19)35-3/h7-12,17H,4-6,13-16H2,1-3H3. The molecule has 0 atom stereocenters. The molecule has 1 fully saturated rings. The summed E-state index contributed by atoms with van der Waals surface area (Å²) in [4.78, 5) is 6.25. The fourth-order valence-electron chi connectivity index (χ4n) is 3.93. The Morgan fingerprint density at radius 2 is 1.89 bits per heavy atom. The van der Waals surface area contributed by atoms with E-state index in [1.54, 1.807) is 20.3 Å². The molecule has 11 heteroatoms. The molecule has 0 bridgehead atoms. The van der Waals surface area contributed by atoms with Crippen molar-refractivity contribution in [3.63, 3.8) is 0 Å². The molecule has 36 heavy (non-hydrogen) atoms. The lowest BCUT2D eigenvalue weighted by molar-refractivity contribution is -0.154. The molecule has 1 aromatic carbocycles. The van der Waals surface area contributed by atoms with E-state index in [-0.39, 0.29) is 5.88 Å². The third-order valence-corrected chi connectivity index (χ3v) is 5.96. The third-order valence-electron chi connectivity index (χ3n) is 5.96. The molecule has 1 saturated carbocycles. The zero-order chi connectivity index (χ0) is 25.7. The van der Waals surface area contributed by atoms with E-state index in [1.165, 1.54) is 25.1 Å². The average Bonchev–Trinajstić information content (AvgIpc) is 3.60. The Kier molecular flexibility index (Phi) is 7.85. The summed E-state index contributed by atoms with van der Waals surface area (Å²) < 4.78 is 55.0. The molecule has 0 aliphatic heterocycles. The molecule has 0 radical (unpaired) electrons. The van der Waals surface area contributed by atoms with Crippen LogP contribution in [-0.2, 0) is 19.5 Å². The topological polar surface area (TPSA) is 74.5 Å². The van der Waals surface area contributed by atoms with Crippen molar-refractivity contribution >= 4 is 5.95 Å². The van der Waals surface area contributed by atoms with Gasteiger partial charge in [-0.1, -0.05) is 13.0 Å². The Labute approximate surface area is 208 Å². The van der Waals surface area contributed by atoms with Crippen molar-refractivity contribution in [2.45, 2.75) is 45.5 Å². The summed E-state index contributed by atoms with van der Waals surface area (Å²) in [6, 6.07) is 8.91. The highest BCUT2D eigenvalue weighted by atomic mass is 19.4.